The Bertz CT molecular complexity index is 3100. The average molecular weight is 625 g/mol. The first-order chi connectivity index (χ1) is 24.3. The monoisotopic (exact) mass is 624 g/mol. The first kappa shape index (κ1) is 26.5. The lowest BCUT2D eigenvalue weighted by Crippen LogP contribution is -1.96. The summed E-state index contributed by atoms with van der Waals surface area (Å²) < 4.78 is 11.5. The zero-order valence-corrected chi connectivity index (χ0v) is 26.5. The van der Waals surface area contributed by atoms with Crippen LogP contribution in [0.4, 0.5) is 0 Å². The largest absolute Gasteiger partial charge is 0.455 e. The molecule has 0 spiro atoms. The van der Waals surface area contributed by atoms with Gasteiger partial charge in [0.2, 0.25) is 0 Å². The Kier molecular flexibility index (Phi) is 5.38. The molecule has 0 aliphatic heterocycles. The molecule has 11 rings (SSSR count). The highest BCUT2D eigenvalue weighted by Gasteiger charge is 2.23. The summed E-state index contributed by atoms with van der Waals surface area (Å²) in [4.78, 5) is 0. The van der Waals surface area contributed by atoms with Gasteiger partial charge in [0.25, 0.3) is 0 Å². The number of nitrogens with zero attached hydrogens (tertiary/aromatic N) is 2. The van der Waals surface area contributed by atoms with Gasteiger partial charge in [0.1, 0.15) is 11.2 Å². The van der Waals surface area contributed by atoms with Gasteiger partial charge in [0.05, 0.1) is 27.5 Å². The van der Waals surface area contributed by atoms with Crippen LogP contribution in [0.1, 0.15) is 0 Å². The molecule has 0 unspecified atom stereocenters. The molecule has 228 valence electrons. The summed E-state index contributed by atoms with van der Waals surface area (Å²) in [6.45, 7) is 0. The normalized spacial score (nSPS) is 12.1. The van der Waals surface area contributed by atoms with Crippen LogP contribution in [-0.4, -0.2) is 9.13 Å². The Morgan fingerprint density at radius 2 is 1.06 bits per heavy atom. The Labute approximate surface area is 281 Å². The summed E-state index contributed by atoms with van der Waals surface area (Å²) in [6.07, 6.45) is 0. The molecule has 0 amide bonds. The highest BCUT2D eigenvalue weighted by atomic mass is 16.3. The molecular formula is C46H28N2O. The van der Waals surface area contributed by atoms with Crippen molar-refractivity contribution in [2.24, 2.45) is 0 Å². The van der Waals surface area contributed by atoms with Gasteiger partial charge in [-0.2, -0.15) is 0 Å². The third-order valence-electron chi connectivity index (χ3n) is 10.3. The zero-order valence-electron chi connectivity index (χ0n) is 26.5. The summed E-state index contributed by atoms with van der Waals surface area (Å²) in [5.41, 5.74) is 11.2. The van der Waals surface area contributed by atoms with E-state index in [0.717, 1.165) is 49.7 Å². The number of hydrogen-bond acceptors (Lipinski definition) is 1. The van der Waals surface area contributed by atoms with Crippen LogP contribution < -0.4 is 0 Å². The van der Waals surface area contributed by atoms with Crippen molar-refractivity contribution in [3.63, 3.8) is 0 Å². The van der Waals surface area contributed by atoms with Crippen molar-refractivity contribution in [1.82, 2.24) is 9.13 Å². The van der Waals surface area contributed by atoms with Crippen LogP contribution in [0.25, 0.3) is 98.8 Å². The van der Waals surface area contributed by atoms with Crippen LogP contribution in [0.2, 0.25) is 0 Å². The minimum Gasteiger partial charge on any atom is -0.455 e. The number of fused-ring (bicyclic) bond motifs is 11. The molecule has 0 aliphatic rings. The van der Waals surface area contributed by atoms with Gasteiger partial charge in [-0.05, 0) is 77.0 Å². The molecule has 3 aromatic heterocycles. The molecule has 8 aromatic carbocycles. The SMILES string of the molecule is c1ccc(-n2c3ccccc3c3c4oc5ccccc5c4cc(-c4ccc5c(c4)c4ccccc4n5-c4ccc5ccccc5c4)c32)cc1. The van der Waals surface area contributed by atoms with Crippen LogP contribution in [0.3, 0.4) is 0 Å². The average Bonchev–Trinajstić information content (AvgIpc) is 3.82. The quantitative estimate of drug-likeness (QED) is 0.192. The van der Waals surface area contributed by atoms with E-state index >= 15 is 0 Å². The Morgan fingerprint density at radius 3 is 1.92 bits per heavy atom. The van der Waals surface area contributed by atoms with Crippen LogP contribution in [0.5, 0.6) is 0 Å². The summed E-state index contributed by atoms with van der Waals surface area (Å²) >= 11 is 0. The lowest BCUT2D eigenvalue weighted by molar-refractivity contribution is 0.673. The van der Waals surface area contributed by atoms with E-state index in [1.165, 1.54) is 49.1 Å². The van der Waals surface area contributed by atoms with Gasteiger partial charge in [-0.15, -0.1) is 0 Å². The summed E-state index contributed by atoms with van der Waals surface area (Å²) in [5, 5.41) is 9.53. The number of para-hydroxylation sites is 4. The van der Waals surface area contributed by atoms with Gasteiger partial charge in [0.15, 0.2) is 0 Å². The molecule has 3 heterocycles. The first-order valence-corrected chi connectivity index (χ1v) is 16.8. The second-order valence-corrected chi connectivity index (χ2v) is 12.9. The Balaban J connectivity index is 1.27. The van der Waals surface area contributed by atoms with Gasteiger partial charge >= 0.3 is 0 Å². The third-order valence-corrected chi connectivity index (χ3v) is 10.3. The maximum Gasteiger partial charge on any atom is 0.145 e. The molecule has 49 heavy (non-hydrogen) atoms. The Hall–Kier alpha value is -6.58. The molecular weight excluding hydrogens is 597 g/mol. The molecule has 0 N–H and O–H groups in total. The van der Waals surface area contributed by atoms with E-state index in [4.69, 9.17) is 4.42 Å². The number of rotatable bonds is 3. The van der Waals surface area contributed by atoms with Crippen molar-refractivity contribution in [2.75, 3.05) is 0 Å². The highest BCUT2D eigenvalue weighted by Crippen LogP contribution is 2.46. The fourth-order valence-electron chi connectivity index (χ4n) is 8.13. The molecule has 11 aromatic rings. The molecule has 0 saturated carbocycles. The molecule has 0 aliphatic carbocycles. The van der Waals surface area contributed by atoms with Crippen LogP contribution in [0.15, 0.2) is 174 Å². The third kappa shape index (κ3) is 3.73. The maximum atomic E-state index is 6.71. The van der Waals surface area contributed by atoms with Crippen LogP contribution >= 0.6 is 0 Å². The standard InChI is InChI=1S/C46H28N2O/c1-2-14-32(15-3-1)48-41-20-10-7-18-36(41)44-45(48)37(28-39-35-17-8-11-21-43(35)49-46(39)44)31-23-25-42-38(27-31)34-16-6-9-19-40(34)47(42)33-24-22-29-12-4-5-13-30(29)26-33/h1-28H. The number of hydrogen-bond donors (Lipinski definition) is 0. The predicted octanol–water partition coefficient (Wildman–Crippen LogP) is 12.6. The van der Waals surface area contributed by atoms with Crippen molar-refractivity contribution < 1.29 is 4.42 Å². The minimum absolute atomic E-state index is 0.904. The maximum absolute atomic E-state index is 6.71. The van der Waals surface area contributed by atoms with Crippen molar-refractivity contribution in [2.45, 2.75) is 0 Å². The number of furan rings is 1. The topological polar surface area (TPSA) is 23.0 Å². The van der Waals surface area contributed by atoms with Gasteiger partial charge < -0.3 is 13.6 Å². The van der Waals surface area contributed by atoms with Crippen molar-refractivity contribution in [3.05, 3.63) is 170 Å². The summed E-state index contributed by atoms with van der Waals surface area (Å²) in [5.74, 6) is 0. The fourth-order valence-corrected chi connectivity index (χ4v) is 8.13. The van der Waals surface area contributed by atoms with E-state index in [0.29, 0.717) is 0 Å². The smallest absolute Gasteiger partial charge is 0.145 e. The molecule has 0 fully saturated rings. The summed E-state index contributed by atoms with van der Waals surface area (Å²) in [6, 6.07) is 61.3. The van der Waals surface area contributed by atoms with E-state index in [1.807, 2.05) is 0 Å². The summed E-state index contributed by atoms with van der Waals surface area (Å²) in [7, 11) is 0. The van der Waals surface area contributed by atoms with Gasteiger partial charge in [0, 0.05) is 43.9 Å². The molecule has 0 saturated heterocycles. The highest BCUT2D eigenvalue weighted by molar-refractivity contribution is 6.27. The lowest BCUT2D eigenvalue weighted by Gasteiger charge is -2.13. The van der Waals surface area contributed by atoms with E-state index in [-0.39, 0.29) is 0 Å². The molecule has 0 bridgehead atoms. The van der Waals surface area contributed by atoms with Gasteiger partial charge in [-0.3, -0.25) is 0 Å². The lowest BCUT2D eigenvalue weighted by atomic mass is 9.97. The molecule has 3 heteroatoms. The van der Waals surface area contributed by atoms with Crippen molar-refractivity contribution >= 4 is 76.3 Å². The second-order valence-electron chi connectivity index (χ2n) is 12.9. The minimum atomic E-state index is 0.904. The Morgan fingerprint density at radius 1 is 0.388 bits per heavy atom. The molecule has 3 nitrogen and oxygen atoms in total. The van der Waals surface area contributed by atoms with Crippen molar-refractivity contribution in [3.8, 4) is 22.5 Å². The zero-order chi connectivity index (χ0) is 32.1. The second kappa shape index (κ2) is 9.96. The van der Waals surface area contributed by atoms with Crippen LogP contribution in [0, 0.1) is 0 Å². The molecule has 0 radical (unpaired) electrons. The van der Waals surface area contributed by atoms with E-state index in [9.17, 15) is 0 Å². The van der Waals surface area contributed by atoms with E-state index in [2.05, 4.69) is 179 Å². The first-order valence-electron chi connectivity index (χ1n) is 16.8. The van der Waals surface area contributed by atoms with Gasteiger partial charge in [-0.25, -0.2) is 0 Å². The van der Waals surface area contributed by atoms with E-state index in [1.54, 1.807) is 0 Å². The fraction of sp³-hybridized carbons (Fsp3) is 0. The number of aromatic nitrogens is 2. The van der Waals surface area contributed by atoms with E-state index < -0.39 is 0 Å². The van der Waals surface area contributed by atoms with Gasteiger partial charge in [-0.1, -0.05) is 109 Å². The number of benzene rings is 8. The van der Waals surface area contributed by atoms with Crippen molar-refractivity contribution in [1.29, 1.82) is 0 Å². The van der Waals surface area contributed by atoms with Crippen LogP contribution in [-0.2, 0) is 0 Å². The molecule has 0 atom stereocenters. The predicted molar refractivity (Wildman–Crippen MR) is 205 cm³/mol.